The summed E-state index contributed by atoms with van der Waals surface area (Å²) in [5.41, 5.74) is 0.492. The Labute approximate surface area is 129 Å². The minimum Gasteiger partial charge on any atom is -0.486 e. The molecule has 1 aromatic carbocycles. The second-order valence-corrected chi connectivity index (χ2v) is 5.57. The van der Waals surface area contributed by atoms with Crippen LogP contribution in [0.1, 0.15) is 10.4 Å². The third-order valence-electron chi connectivity index (χ3n) is 3.30. The summed E-state index contributed by atoms with van der Waals surface area (Å²) in [6, 6.07) is 7.01. The quantitative estimate of drug-likeness (QED) is 0.787. The van der Waals surface area contributed by atoms with E-state index in [1.165, 1.54) is 17.7 Å². The number of nitrogens with zero attached hydrogens (tertiary/aromatic N) is 2. The van der Waals surface area contributed by atoms with Gasteiger partial charge in [0.25, 0.3) is 5.91 Å². The van der Waals surface area contributed by atoms with Crippen molar-refractivity contribution in [2.24, 2.45) is 0 Å². The highest BCUT2D eigenvalue weighted by Crippen LogP contribution is 2.31. The Balaban J connectivity index is 1.63. The second kappa shape index (κ2) is 5.27. The Morgan fingerprint density at radius 2 is 2.00 bits per heavy atom. The molecule has 0 saturated heterocycles. The fraction of sp³-hybridized carbons (Fsp3) is 0.133. The number of thiophene rings is 1. The van der Waals surface area contributed by atoms with E-state index in [1.54, 1.807) is 18.2 Å². The number of anilines is 1. The standard InChI is InChI=1S/C15H11N3O3S/c19-14(9-1-2-11-12(7-9)21-5-4-20-11)18-13-10-3-6-22-15(10)17-8-16-13/h1-3,6-8H,4-5H2,(H,16,17,18,19). The van der Waals surface area contributed by atoms with Gasteiger partial charge >= 0.3 is 0 Å². The molecule has 3 aromatic rings. The van der Waals surface area contributed by atoms with E-state index in [0.717, 1.165) is 10.2 Å². The molecule has 2 aromatic heterocycles. The van der Waals surface area contributed by atoms with Crippen molar-refractivity contribution in [2.45, 2.75) is 0 Å². The zero-order valence-corrected chi connectivity index (χ0v) is 12.2. The van der Waals surface area contributed by atoms with Gasteiger partial charge in [-0.3, -0.25) is 4.79 Å². The lowest BCUT2D eigenvalue weighted by molar-refractivity contribution is 0.102. The average molecular weight is 313 g/mol. The first-order valence-corrected chi connectivity index (χ1v) is 7.58. The van der Waals surface area contributed by atoms with Crippen LogP contribution in [0, 0.1) is 0 Å². The van der Waals surface area contributed by atoms with Gasteiger partial charge in [-0.1, -0.05) is 0 Å². The van der Waals surface area contributed by atoms with Gasteiger partial charge in [-0.15, -0.1) is 11.3 Å². The highest BCUT2D eigenvalue weighted by Gasteiger charge is 2.16. The van der Waals surface area contributed by atoms with Crippen LogP contribution in [-0.2, 0) is 0 Å². The van der Waals surface area contributed by atoms with Crippen LogP contribution in [0.4, 0.5) is 5.82 Å². The maximum Gasteiger partial charge on any atom is 0.256 e. The summed E-state index contributed by atoms with van der Waals surface area (Å²) in [4.78, 5) is 21.5. The van der Waals surface area contributed by atoms with Crippen LogP contribution in [0.5, 0.6) is 11.5 Å². The number of aromatic nitrogens is 2. The summed E-state index contributed by atoms with van der Waals surface area (Å²) in [6.07, 6.45) is 1.44. The largest absolute Gasteiger partial charge is 0.486 e. The topological polar surface area (TPSA) is 73.3 Å². The van der Waals surface area contributed by atoms with Gasteiger partial charge in [-0.2, -0.15) is 0 Å². The Kier molecular flexibility index (Phi) is 3.12. The molecule has 0 saturated carbocycles. The Hall–Kier alpha value is -2.67. The first kappa shape index (κ1) is 13.0. The van der Waals surface area contributed by atoms with Crippen molar-refractivity contribution in [3.63, 3.8) is 0 Å². The van der Waals surface area contributed by atoms with Gasteiger partial charge < -0.3 is 14.8 Å². The highest BCUT2D eigenvalue weighted by molar-refractivity contribution is 7.16. The first-order valence-electron chi connectivity index (χ1n) is 6.70. The van der Waals surface area contributed by atoms with Crippen LogP contribution in [0.3, 0.4) is 0 Å². The van der Waals surface area contributed by atoms with E-state index >= 15 is 0 Å². The van der Waals surface area contributed by atoms with Crippen LogP contribution in [0.25, 0.3) is 10.2 Å². The molecule has 0 fully saturated rings. The Morgan fingerprint density at radius 1 is 1.14 bits per heavy atom. The number of nitrogens with one attached hydrogen (secondary N) is 1. The highest BCUT2D eigenvalue weighted by atomic mass is 32.1. The number of carbonyl (C=O) groups is 1. The van der Waals surface area contributed by atoms with E-state index in [4.69, 9.17) is 9.47 Å². The minimum atomic E-state index is -0.247. The Morgan fingerprint density at radius 3 is 2.91 bits per heavy atom. The minimum absolute atomic E-state index is 0.247. The average Bonchev–Trinajstić information content (AvgIpc) is 3.04. The summed E-state index contributed by atoms with van der Waals surface area (Å²) < 4.78 is 10.9. The van der Waals surface area contributed by atoms with Crippen molar-refractivity contribution >= 4 is 33.3 Å². The lowest BCUT2D eigenvalue weighted by Crippen LogP contribution is -2.17. The number of rotatable bonds is 2. The molecule has 0 unspecified atom stereocenters. The number of fused-ring (bicyclic) bond motifs is 2. The van der Waals surface area contributed by atoms with E-state index in [2.05, 4.69) is 15.3 Å². The van der Waals surface area contributed by atoms with Crippen LogP contribution < -0.4 is 14.8 Å². The maximum atomic E-state index is 12.4. The van der Waals surface area contributed by atoms with E-state index < -0.39 is 0 Å². The zero-order valence-electron chi connectivity index (χ0n) is 11.4. The molecule has 1 amide bonds. The lowest BCUT2D eigenvalue weighted by atomic mass is 10.2. The lowest BCUT2D eigenvalue weighted by Gasteiger charge is -2.18. The molecule has 1 aliphatic rings. The van der Waals surface area contributed by atoms with Crippen LogP contribution in [-0.4, -0.2) is 29.1 Å². The molecule has 0 radical (unpaired) electrons. The summed E-state index contributed by atoms with van der Waals surface area (Å²) in [7, 11) is 0. The van der Waals surface area contributed by atoms with Crippen LogP contribution in [0.2, 0.25) is 0 Å². The van der Waals surface area contributed by atoms with Gasteiger partial charge in [-0.05, 0) is 29.6 Å². The number of hydrogen-bond donors (Lipinski definition) is 1. The van der Waals surface area contributed by atoms with Gasteiger partial charge in [0.05, 0.1) is 5.39 Å². The smallest absolute Gasteiger partial charge is 0.256 e. The molecule has 0 aliphatic carbocycles. The molecule has 0 atom stereocenters. The van der Waals surface area contributed by atoms with Crippen molar-refractivity contribution in [2.75, 3.05) is 18.5 Å². The number of hydrogen-bond acceptors (Lipinski definition) is 6. The number of amides is 1. The van der Waals surface area contributed by atoms with Gasteiger partial charge in [0, 0.05) is 5.56 Å². The SMILES string of the molecule is O=C(Nc1ncnc2sccc12)c1ccc2c(c1)OCCO2. The molecular formula is C15H11N3O3S. The third-order valence-corrected chi connectivity index (χ3v) is 4.12. The molecule has 110 valence electrons. The molecule has 0 spiro atoms. The summed E-state index contributed by atoms with van der Waals surface area (Å²) in [6.45, 7) is 1.01. The molecule has 6 nitrogen and oxygen atoms in total. The number of benzene rings is 1. The van der Waals surface area contributed by atoms with Crippen molar-refractivity contribution in [3.8, 4) is 11.5 Å². The fourth-order valence-corrected chi connectivity index (χ4v) is 2.99. The van der Waals surface area contributed by atoms with Crippen molar-refractivity contribution in [1.29, 1.82) is 0 Å². The van der Waals surface area contributed by atoms with Crippen molar-refractivity contribution < 1.29 is 14.3 Å². The zero-order chi connectivity index (χ0) is 14.9. The summed E-state index contributed by atoms with van der Waals surface area (Å²) in [5, 5.41) is 5.56. The van der Waals surface area contributed by atoms with Crippen molar-refractivity contribution in [3.05, 3.63) is 41.5 Å². The van der Waals surface area contributed by atoms with E-state index in [0.29, 0.717) is 36.1 Å². The van der Waals surface area contributed by atoms with Crippen LogP contribution in [0.15, 0.2) is 36.0 Å². The maximum absolute atomic E-state index is 12.4. The van der Waals surface area contributed by atoms with Gasteiger partial charge in [0.2, 0.25) is 0 Å². The molecular weight excluding hydrogens is 302 g/mol. The Bertz CT molecular complexity index is 862. The van der Waals surface area contributed by atoms with E-state index in [1.807, 2.05) is 11.4 Å². The third kappa shape index (κ3) is 2.25. The normalized spacial score (nSPS) is 13.1. The predicted molar refractivity (Wildman–Crippen MR) is 82.8 cm³/mol. The van der Waals surface area contributed by atoms with Crippen LogP contribution >= 0.6 is 11.3 Å². The molecule has 3 heterocycles. The van der Waals surface area contributed by atoms with Gasteiger partial charge in [0.15, 0.2) is 11.5 Å². The predicted octanol–water partition coefficient (Wildman–Crippen LogP) is 2.71. The van der Waals surface area contributed by atoms with Crippen molar-refractivity contribution in [1.82, 2.24) is 9.97 Å². The molecule has 1 N–H and O–H groups in total. The van der Waals surface area contributed by atoms with Gasteiger partial charge in [-0.25, -0.2) is 9.97 Å². The fourth-order valence-electron chi connectivity index (χ4n) is 2.25. The second-order valence-electron chi connectivity index (χ2n) is 4.67. The monoisotopic (exact) mass is 313 g/mol. The summed E-state index contributed by atoms with van der Waals surface area (Å²) in [5.74, 6) is 1.50. The van der Waals surface area contributed by atoms with Gasteiger partial charge in [0.1, 0.15) is 30.2 Å². The summed E-state index contributed by atoms with van der Waals surface area (Å²) >= 11 is 1.50. The molecule has 1 aliphatic heterocycles. The first-order chi connectivity index (χ1) is 10.8. The molecule has 0 bridgehead atoms. The number of ether oxygens (including phenoxy) is 2. The molecule has 4 rings (SSSR count). The molecule has 7 heteroatoms. The van der Waals surface area contributed by atoms with E-state index in [9.17, 15) is 4.79 Å². The van der Waals surface area contributed by atoms with E-state index in [-0.39, 0.29) is 5.91 Å². The number of carbonyl (C=O) groups excluding carboxylic acids is 1. The molecule has 22 heavy (non-hydrogen) atoms.